The molecule has 5 heteroatoms. The molecule has 110 valence electrons. The molecule has 1 aromatic heterocycles. The molecule has 2 aromatic rings. The monoisotopic (exact) mass is 303 g/mol. The summed E-state index contributed by atoms with van der Waals surface area (Å²) in [6.45, 7) is 1.41. The van der Waals surface area contributed by atoms with Gasteiger partial charge in [-0.15, -0.1) is 11.3 Å². The fraction of sp³-hybridized carbons (Fsp3) is 0.375. The number of rotatable bonds is 4. The number of fused-ring (bicyclic) bond motifs is 1. The van der Waals surface area contributed by atoms with E-state index in [2.05, 4.69) is 0 Å². The highest BCUT2D eigenvalue weighted by Gasteiger charge is 2.28. The Labute approximate surface area is 127 Å². The lowest BCUT2D eigenvalue weighted by Gasteiger charge is -2.16. The van der Waals surface area contributed by atoms with Crippen LogP contribution in [0.1, 0.15) is 29.6 Å². The third kappa shape index (κ3) is 2.93. The van der Waals surface area contributed by atoms with Gasteiger partial charge in [0.1, 0.15) is 0 Å². The minimum Gasteiger partial charge on any atom is -0.481 e. The van der Waals surface area contributed by atoms with Crippen LogP contribution in [0.4, 0.5) is 0 Å². The van der Waals surface area contributed by atoms with Gasteiger partial charge in [0.15, 0.2) is 0 Å². The topological polar surface area (TPSA) is 57.6 Å². The van der Waals surface area contributed by atoms with Gasteiger partial charge < -0.3 is 10.0 Å². The number of likely N-dealkylation sites (tertiary alicyclic amines) is 1. The smallest absolute Gasteiger partial charge is 0.303 e. The minimum atomic E-state index is -0.761. The second-order valence-corrected chi connectivity index (χ2v) is 6.40. The molecule has 1 fully saturated rings. The molecule has 1 aromatic carbocycles. The average Bonchev–Trinajstić information content (AvgIpc) is 3.11. The third-order valence-electron chi connectivity index (χ3n) is 4.05. The van der Waals surface area contributed by atoms with Crippen LogP contribution in [0.25, 0.3) is 10.1 Å². The van der Waals surface area contributed by atoms with Crippen LogP contribution in [-0.4, -0.2) is 35.0 Å². The predicted octanol–water partition coefficient (Wildman–Crippen LogP) is 3.23. The average molecular weight is 303 g/mol. The number of benzene rings is 1. The molecule has 1 atom stereocenters. The standard InChI is InChI=1S/C16H17NO3S/c18-15(19)6-5-11-7-8-17(9-11)16(20)13-10-21-14-4-2-1-3-12(13)14/h1-4,10-11H,5-9H2,(H,18,19). The summed E-state index contributed by atoms with van der Waals surface area (Å²) in [7, 11) is 0. The minimum absolute atomic E-state index is 0.0743. The molecule has 1 amide bonds. The Morgan fingerprint density at radius 1 is 1.33 bits per heavy atom. The number of thiophene rings is 1. The first-order valence-electron chi connectivity index (χ1n) is 7.12. The molecular formula is C16H17NO3S. The lowest BCUT2D eigenvalue weighted by Crippen LogP contribution is -2.28. The summed E-state index contributed by atoms with van der Waals surface area (Å²) < 4.78 is 1.13. The first kappa shape index (κ1) is 14.1. The summed E-state index contributed by atoms with van der Waals surface area (Å²) in [5.74, 6) is -0.371. The van der Waals surface area contributed by atoms with E-state index in [1.165, 1.54) is 0 Å². The number of nitrogens with zero attached hydrogens (tertiary/aromatic N) is 1. The van der Waals surface area contributed by atoms with Crippen LogP contribution in [0.2, 0.25) is 0 Å². The maximum atomic E-state index is 12.6. The molecular weight excluding hydrogens is 286 g/mol. The quantitative estimate of drug-likeness (QED) is 0.943. The highest BCUT2D eigenvalue weighted by Crippen LogP contribution is 2.29. The zero-order valence-corrected chi connectivity index (χ0v) is 12.4. The number of amides is 1. The van der Waals surface area contributed by atoms with E-state index in [9.17, 15) is 9.59 Å². The van der Waals surface area contributed by atoms with Crippen LogP contribution in [0, 0.1) is 5.92 Å². The van der Waals surface area contributed by atoms with E-state index in [-0.39, 0.29) is 12.3 Å². The molecule has 0 aliphatic carbocycles. The van der Waals surface area contributed by atoms with Gasteiger partial charge in [-0.3, -0.25) is 9.59 Å². The van der Waals surface area contributed by atoms with E-state index >= 15 is 0 Å². The van der Waals surface area contributed by atoms with E-state index in [4.69, 9.17) is 5.11 Å². The highest BCUT2D eigenvalue weighted by molar-refractivity contribution is 7.17. The van der Waals surface area contributed by atoms with E-state index in [0.717, 1.165) is 28.6 Å². The van der Waals surface area contributed by atoms with Crippen LogP contribution >= 0.6 is 11.3 Å². The van der Waals surface area contributed by atoms with Crippen molar-refractivity contribution in [2.45, 2.75) is 19.3 Å². The summed E-state index contributed by atoms with van der Waals surface area (Å²) in [6.07, 6.45) is 1.75. The van der Waals surface area contributed by atoms with Gasteiger partial charge in [0, 0.05) is 35.0 Å². The van der Waals surface area contributed by atoms with Crippen molar-refractivity contribution in [3.05, 3.63) is 35.2 Å². The van der Waals surface area contributed by atoms with Gasteiger partial charge in [-0.05, 0) is 24.8 Å². The van der Waals surface area contributed by atoms with Crippen molar-refractivity contribution in [2.75, 3.05) is 13.1 Å². The molecule has 2 heterocycles. The molecule has 0 bridgehead atoms. The Morgan fingerprint density at radius 3 is 2.95 bits per heavy atom. The normalized spacial score (nSPS) is 18.3. The number of carboxylic acids is 1. The van der Waals surface area contributed by atoms with Crippen molar-refractivity contribution in [3.63, 3.8) is 0 Å². The molecule has 1 N–H and O–H groups in total. The Balaban J connectivity index is 1.70. The van der Waals surface area contributed by atoms with Crippen molar-refractivity contribution >= 4 is 33.3 Å². The van der Waals surface area contributed by atoms with Crippen molar-refractivity contribution in [2.24, 2.45) is 5.92 Å². The maximum absolute atomic E-state index is 12.6. The summed E-state index contributed by atoms with van der Waals surface area (Å²) in [5, 5.41) is 11.7. The molecule has 1 saturated heterocycles. The van der Waals surface area contributed by atoms with Crippen LogP contribution in [0.15, 0.2) is 29.6 Å². The van der Waals surface area contributed by atoms with Crippen LogP contribution < -0.4 is 0 Å². The Kier molecular flexibility index (Phi) is 3.92. The van der Waals surface area contributed by atoms with E-state index in [1.54, 1.807) is 11.3 Å². The lowest BCUT2D eigenvalue weighted by atomic mass is 10.0. The zero-order valence-electron chi connectivity index (χ0n) is 11.6. The fourth-order valence-corrected chi connectivity index (χ4v) is 3.83. The first-order valence-corrected chi connectivity index (χ1v) is 8.00. The summed E-state index contributed by atoms with van der Waals surface area (Å²) in [6, 6.07) is 7.93. The molecule has 21 heavy (non-hydrogen) atoms. The summed E-state index contributed by atoms with van der Waals surface area (Å²) in [5.41, 5.74) is 0.773. The van der Waals surface area contributed by atoms with Gasteiger partial charge >= 0.3 is 5.97 Å². The van der Waals surface area contributed by atoms with Crippen molar-refractivity contribution < 1.29 is 14.7 Å². The summed E-state index contributed by atoms with van der Waals surface area (Å²) >= 11 is 1.59. The second-order valence-electron chi connectivity index (χ2n) is 5.48. The zero-order chi connectivity index (χ0) is 14.8. The molecule has 3 rings (SSSR count). The van der Waals surface area contributed by atoms with Gasteiger partial charge in [0.2, 0.25) is 0 Å². The lowest BCUT2D eigenvalue weighted by molar-refractivity contribution is -0.137. The van der Waals surface area contributed by atoms with Crippen LogP contribution in [0.5, 0.6) is 0 Å². The molecule has 0 radical (unpaired) electrons. The molecule has 1 unspecified atom stereocenters. The van der Waals surface area contributed by atoms with Gasteiger partial charge in [-0.2, -0.15) is 0 Å². The van der Waals surface area contributed by atoms with Gasteiger partial charge in [0.05, 0.1) is 5.56 Å². The van der Waals surface area contributed by atoms with E-state index in [0.29, 0.717) is 18.9 Å². The molecule has 0 spiro atoms. The van der Waals surface area contributed by atoms with E-state index in [1.807, 2.05) is 34.5 Å². The number of aliphatic carboxylic acids is 1. The highest BCUT2D eigenvalue weighted by atomic mass is 32.1. The number of carboxylic acid groups (broad SMARTS) is 1. The molecule has 1 aliphatic rings. The predicted molar refractivity (Wildman–Crippen MR) is 82.7 cm³/mol. The van der Waals surface area contributed by atoms with Gasteiger partial charge in [-0.1, -0.05) is 18.2 Å². The molecule has 0 saturated carbocycles. The maximum Gasteiger partial charge on any atom is 0.303 e. The molecule has 4 nitrogen and oxygen atoms in total. The number of hydrogen-bond acceptors (Lipinski definition) is 3. The van der Waals surface area contributed by atoms with Crippen molar-refractivity contribution in [3.8, 4) is 0 Å². The fourth-order valence-electron chi connectivity index (χ4n) is 2.89. The Hall–Kier alpha value is -1.88. The van der Waals surface area contributed by atoms with Crippen LogP contribution in [0.3, 0.4) is 0 Å². The number of carbonyl (C=O) groups is 2. The van der Waals surface area contributed by atoms with Crippen LogP contribution in [-0.2, 0) is 4.79 Å². The molecule has 1 aliphatic heterocycles. The largest absolute Gasteiger partial charge is 0.481 e. The number of hydrogen-bond donors (Lipinski definition) is 1. The first-order chi connectivity index (χ1) is 10.1. The van der Waals surface area contributed by atoms with Crippen molar-refractivity contribution in [1.29, 1.82) is 0 Å². The van der Waals surface area contributed by atoms with Gasteiger partial charge in [0.25, 0.3) is 5.91 Å². The Bertz CT molecular complexity index is 679. The third-order valence-corrected chi connectivity index (χ3v) is 5.01. The van der Waals surface area contributed by atoms with E-state index < -0.39 is 5.97 Å². The van der Waals surface area contributed by atoms with Crippen molar-refractivity contribution in [1.82, 2.24) is 4.90 Å². The SMILES string of the molecule is O=C(O)CCC1CCN(C(=O)c2csc3ccccc23)C1. The second kappa shape index (κ2) is 5.85. The Morgan fingerprint density at radius 2 is 2.14 bits per heavy atom. The van der Waals surface area contributed by atoms with Gasteiger partial charge in [-0.25, -0.2) is 0 Å². The number of carbonyl (C=O) groups excluding carboxylic acids is 1. The summed E-state index contributed by atoms with van der Waals surface area (Å²) in [4.78, 5) is 25.1.